The fraction of sp³-hybridized carbons (Fsp3) is 0.400. The summed E-state index contributed by atoms with van der Waals surface area (Å²) >= 11 is 0. The van der Waals surface area contributed by atoms with Crippen LogP contribution in [0.1, 0.15) is 18.1 Å². The Kier molecular flexibility index (Phi) is 2.48. The molecule has 1 unspecified atom stereocenters. The van der Waals surface area contributed by atoms with Gasteiger partial charge in [0.1, 0.15) is 6.67 Å². The van der Waals surface area contributed by atoms with Crippen molar-refractivity contribution < 1.29 is 4.39 Å². The van der Waals surface area contributed by atoms with Gasteiger partial charge < -0.3 is 5.73 Å². The Morgan fingerprint density at radius 2 is 1.83 bits per heavy atom. The number of aryl methyl sites for hydroxylation is 1. The molecule has 0 saturated carbocycles. The standard InChI is InChI=1S/C10H14FN/c1-8-3-5-9(6-4-8)10(2,12)7-11/h3-6H,7,12H2,1-2H3. The zero-order chi connectivity index (χ0) is 9.19. The lowest BCUT2D eigenvalue weighted by Gasteiger charge is -2.20. The van der Waals surface area contributed by atoms with Crippen LogP contribution in [-0.2, 0) is 5.54 Å². The van der Waals surface area contributed by atoms with Gasteiger partial charge in [0.2, 0.25) is 0 Å². The Morgan fingerprint density at radius 1 is 1.33 bits per heavy atom. The molecule has 1 atom stereocenters. The summed E-state index contributed by atoms with van der Waals surface area (Å²) < 4.78 is 12.4. The van der Waals surface area contributed by atoms with Gasteiger partial charge in [0.15, 0.2) is 0 Å². The Labute approximate surface area is 72.4 Å². The largest absolute Gasteiger partial charge is 0.319 e. The SMILES string of the molecule is Cc1ccc(C(C)(N)CF)cc1. The maximum atomic E-state index is 12.4. The molecule has 1 rings (SSSR count). The molecule has 1 aromatic rings. The molecule has 2 N–H and O–H groups in total. The Bertz CT molecular complexity index is 251. The number of halogens is 1. The van der Waals surface area contributed by atoms with Crippen LogP contribution in [0.4, 0.5) is 4.39 Å². The second kappa shape index (κ2) is 3.23. The van der Waals surface area contributed by atoms with Gasteiger partial charge in [-0.25, -0.2) is 4.39 Å². The van der Waals surface area contributed by atoms with Crippen LogP contribution < -0.4 is 5.73 Å². The number of alkyl halides is 1. The summed E-state index contributed by atoms with van der Waals surface area (Å²) in [6.07, 6.45) is 0. The number of nitrogens with two attached hydrogens (primary N) is 1. The first kappa shape index (κ1) is 9.20. The number of hydrogen-bond acceptors (Lipinski definition) is 1. The van der Waals surface area contributed by atoms with Crippen molar-refractivity contribution in [3.63, 3.8) is 0 Å². The number of rotatable bonds is 2. The Hall–Kier alpha value is -0.890. The molecule has 0 aliphatic heterocycles. The number of hydrogen-bond donors (Lipinski definition) is 1. The zero-order valence-electron chi connectivity index (χ0n) is 7.47. The minimum absolute atomic E-state index is 0.532. The third-order valence-electron chi connectivity index (χ3n) is 1.99. The van der Waals surface area contributed by atoms with Gasteiger partial charge in [0.25, 0.3) is 0 Å². The van der Waals surface area contributed by atoms with E-state index in [-0.39, 0.29) is 0 Å². The van der Waals surface area contributed by atoms with Crippen molar-refractivity contribution in [1.29, 1.82) is 0 Å². The highest BCUT2D eigenvalue weighted by molar-refractivity contribution is 5.27. The molecule has 2 heteroatoms. The summed E-state index contributed by atoms with van der Waals surface area (Å²) in [5.74, 6) is 0. The first-order valence-electron chi connectivity index (χ1n) is 3.98. The molecule has 0 saturated heterocycles. The third kappa shape index (κ3) is 1.83. The normalized spacial score (nSPS) is 15.7. The predicted molar refractivity (Wildman–Crippen MR) is 48.7 cm³/mol. The van der Waals surface area contributed by atoms with Crippen molar-refractivity contribution in [3.05, 3.63) is 35.4 Å². The third-order valence-corrected chi connectivity index (χ3v) is 1.99. The van der Waals surface area contributed by atoms with Gasteiger partial charge in [0, 0.05) is 0 Å². The van der Waals surface area contributed by atoms with Crippen molar-refractivity contribution >= 4 is 0 Å². The summed E-state index contributed by atoms with van der Waals surface area (Å²) in [6, 6.07) is 7.62. The van der Waals surface area contributed by atoms with Crippen molar-refractivity contribution in [2.24, 2.45) is 5.73 Å². The van der Waals surface area contributed by atoms with E-state index in [4.69, 9.17) is 5.73 Å². The highest BCUT2D eigenvalue weighted by atomic mass is 19.1. The van der Waals surface area contributed by atoms with Crippen molar-refractivity contribution in [1.82, 2.24) is 0 Å². The van der Waals surface area contributed by atoms with Crippen LogP contribution in [0.2, 0.25) is 0 Å². The molecule has 0 aromatic heterocycles. The molecular weight excluding hydrogens is 153 g/mol. The summed E-state index contributed by atoms with van der Waals surface area (Å²) in [6.45, 7) is 3.15. The molecule has 0 fully saturated rings. The first-order chi connectivity index (χ1) is 5.56. The van der Waals surface area contributed by atoms with Crippen molar-refractivity contribution in [2.75, 3.05) is 6.67 Å². The highest BCUT2D eigenvalue weighted by Gasteiger charge is 2.20. The van der Waals surface area contributed by atoms with E-state index in [1.54, 1.807) is 6.92 Å². The topological polar surface area (TPSA) is 26.0 Å². The average molecular weight is 167 g/mol. The second-order valence-corrected chi connectivity index (χ2v) is 3.42. The van der Waals surface area contributed by atoms with Crippen molar-refractivity contribution in [3.8, 4) is 0 Å². The summed E-state index contributed by atoms with van der Waals surface area (Å²) in [5, 5.41) is 0. The summed E-state index contributed by atoms with van der Waals surface area (Å²) in [7, 11) is 0. The van der Waals surface area contributed by atoms with Gasteiger partial charge in [-0.05, 0) is 19.4 Å². The van der Waals surface area contributed by atoms with Gasteiger partial charge in [-0.15, -0.1) is 0 Å². The van der Waals surface area contributed by atoms with E-state index in [0.29, 0.717) is 0 Å². The quantitative estimate of drug-likeness (QED) is 0.717. The lowest BCUT2D eigenvalue weighted by molar-refractivity contribution is 0.336. The van der Waals surface area contributed by atoms with Crippen LogP contribution in [0, 0.1) is 6.92 Å². The van der Waals surface area contributed by atoms with Crippen LogP contribution >= 0.6 is 0 Å². The lowest BCUT2D eigenvalue weighted by Crippen LogP contribution is -2.35. The van der Waals surface area contributed by atoms with E-state index >= 15 is 0 Å². The fourth-order valence-corrected chi connectivity index (χ4v) is 1.01. The molecule has 1 nitrogen and oxygen atoms in total. The van der Waals surface area contributed by atoms with Crippen LogP contribution in [0.5, 0.6) is 0 Å². The molecule has 0 spiro atoms. The minimum Gasteiger partial charge on any atom is -0.319 e. The molecule has 0 aliphatic rings. The van der Waals surface area contributed by atoms with E-state index < -0.39 is 12.2 Å². The minimum atomic E-state index is -0.840. The molecule has 1 aromatic carbocycles. The van der Waals surface area contributed by atoms with Crippen LogP contribution in [0.3, 0.4) is 0 Å². The zero-order valence-corrected chi connectivity index (χ0v) is 7.47. The van der Waals surface area contributed by atoms with Crippen molar-refractivity contribution in [2.45, 2.75) is 19.4 Å². The van der Waals surface area contributed by atoms with Gasteiger partial charge in [-0.1, -0.05) is 29.8 Å². The van der Waals surface area contributed by atoms with Crippen LogP contribution in [0.15, 0.2) is 24.3 Å². The Morgan fingerprint density at radius 3 is 2.25 bits per heavy atom. The highest BCUT2D eigenvalue weighted by Crippen LogP contribution is 2.18. The van der Waals surface area contributed by atoms with E-state index in [9.17, 15) is 4.39 Å². The first-order valence-corrected chi connectivity index (χ1v) is 3.98. The van der Waals surface area contributed by atoms with E-state index in [1.807, 2.05) is 31.2 Å². The molecule has 0 bridgehead atoms. The predicted octanol–water partition coefficient (Wildman–Crippen LogP) is 2.14. The fourth-order valence-electron chi connectivity index (χ4n) is 1.01. The smallest absolute Gasteiger partial charge is 0.111 e. The Balaban J connectivity index is 2.96. The molecular formula is C10H14FN. The van der Waals surface area contributed by atoms with Gasteiger partial charge >= 0.3 is 0 Å². The van der Waals surface area contributed by atoms with E-state index in [2.05, 4.69) is 0 Å². The summed E-state index contributed by atoms with van der Waals surface area (Å²) in [5.41, 5.74) is 6.88. The van der Waals surface area contributed by atoms with Gasteiger partial charge in [0.05, 0.1) is 5.54 Å². The molecule has 12 heavy (non-hydrogen) atoms. The second-order valence-electron chi connectivity index (χ2n) is 3.42. The maximum Gasteiger partial charge on any atom is 0.111 e. The molecule has 0 aliphatic carbocycles. The van der Waals surface area contributed by atoms with Gasteiger partial charge in [-0.3, -0.25) is 0 Å². The lowest BCUT2D eigenvalue weighted by atomic mass is 9.94. The molecule has 0 heterocycles. The molecule has 66 valence electrons. The monoisotopic (exact) mass is 167 g/mol. The van der Waals surface area contributed by atoms with Gasteiger partial charge in [-0.2, -0.15) is 0 Å². The molecule has 0 radical (unpaired) electrons. The average Bonchev–Trinajstić information content (AvgIpc) is 2.05. The van der Waals surface area contributed by atoms with E-state index in [1.165, 1.54) is 0 Å². The van der Waals surface area contributed by atoms with Crippen LogP contribution in [0.25, 0.3) is 0 Å². The molecule has 0 amide bonds. The maximum absolute atomic E-state index is 12.4. The summed E-state index contributed by atoms with van der Waals surface area (Å²) in [4.78, 5) is 0. The number of benzene rings is 1. The van der Waals surface area contributed by atoms with Crippen LogP contribution in [-0.4, -0.2) is 6.67 Å². The van der Waals surface area contributed by atoms with E-state index in [0.717, 1.165) is 11.1 Å².